The lowest BCUT2D eigenvalue weighted by molar-refractivity contribution is -0.146. The monoisotopic (exact) mass is 689 g/mol. The first-order chi connectivity index (χ1) is 20.9. The normalized spacial score (nSPS) is 14.4. The fourth-order valence-electron chi connectivity index (χ4n) is 4.89. The van der Waals surface area contributed by atoms with Gasteiger partial charge >= 0.3 is 12.1 Å². The maximum atomic E-state index is 13.9. The van der Waals surface area contributed by atoms with Crippen LogP contribution in [0.3, 0.4) is 0 Å². The molecule has 1 saturated heterocycles. The lowest BCUT2D eigenvalue weighted by Crippen LogP contribution is -2.44. The Bertz CT molecular complexity index is 1540. The molecular formula is C31H33Cl3F3N3O5. The van der Waals surface area contributed by atoms with Crippen molar-refractivity contribution >= 4 is 47.5 Å². The number of esters is 1. The molecule has 1 N–H and O–H groups in total. The number of benzene rings is 2. The van der Waals surface area contributed by atoms with Crippen molar-refractivity contribution in [1.82, 2.24) is 14.8 Å². The van der Waals surface area contributed by atoms with Crippen LogP contribution >= 0.6 is 35.6 Å². The number of hydrogen-bond acceptors (Lipinski definition) is 6. The summed E-state index contributed by atoms with van der Waals surface area (Å²) in [6.45, 7) is 5.13. The molecule has 0 spiro atoms. The summed E-state index contributed by atoms with van der Waals surface area (Å²) in [4.78, 5) is 41.4. The number of aromatic nitrogens is 1. The van der Waals surface area contributed by atoms with Crippen LogP contribution in [0.25, 0.3) is 11.1 Å². The van der Waals surface area contributed by atoms with E-state index in [0.717, 1.165) is 23.7 Å². The minimum absolute atomic E-state index is 0. The number of carbonyl (C=O) groups excluding carboxylic acids is 2. The average molecular weight is 691 g/mol. The Kier molecular flexibility index (Phi) is 12.9. The van der Waals surface area contributed by atoms with E-state index in [4.69, 9.17) is 32.7 Å². The van der Waals surface area contributed by atoms with E-state index in [1.54, 1.807) is 6.07 Å². The predicted octanol–water partition coefficient (Wildman–Crippen LogP) is 5.71. The number of halogens is 6. The second kappa shape index (κ2) is 16.0. The molecule has 3 aromatic rings. The van der Waals surface area contributed by atoms with E-state index in [-0.39, 0.29) is 52.3 Å². The number of nitrogens with zero attached hydrogens (tertiary/aromatic N) is 2. The van der Waals surface area contributed by atoms with E-state index in [2.05, 4.69) is 10.2 Å². The molecule has 0 bridgehead atoms. The molecule has 1 atom stereocenters. The Morgan fingerprint density at radius 1 is 1.07 bits per heavy atom. The van der Waals surface area contributed by atoms with E-state index < -0.39 is 40.8 Å². The highest BCUT2D eigenvalue weighted by atomic mass is 35.5. The van der Waals surface area contributed by atoms with E-state index in [0.29, 0.717) is 31.7 Å². The second-order valence-corrected chi connectivity index (χ2v) is 11.2. The van der Waals surface area contributed by atoms with Crippen LogP contribution in [-0.2, 0) is 33.9 Å². The molecule has 0 aliphatic carbocycles. The Morgan fingerprint density at radius 3 is 2.29 bits per heavy atom. The van der Waals surface area contributed by atoms with Crippen molar-refractivity contribution < 1.29 is 32.2 Å². The van der Waals surface area contributed by atoms with Gasteiger partial charge in [-0.15, -0.1) is 12.4 Å². The van der Waals surface area contributed by atoms with Gasteiger partial charge in [-0.25, -0.2) is 4.79 Å². The van der Waals surface area contributed by atoms with Gasteiger partial charge in [0, 0.05) is 38.8 Å². The quantitative estimate of drug-likeness (QED) is 0.217. The average Bonchev–Trinajstić information content (AvgIpc) is 2.98. The van der Waals surface area contributed by atoms with Crippen molar-refractivity contribution in [2.24, 2.45) is 7.05 Å². The first kappa shape index (κ1) is 36.4. The first-order valence-electron chi connectivity index (χ1n) is 14.0. The molecule has 1 amide bonds. The molecule has 1 aliphatic rings. The molecule has 2 aromatic carbocycles. The van der Waals surface area contributed by atoms with Crippen LogP contribution in [0.2, 0.25) is 10.0 Å². The number of pyridine rings is 1. The standard InChI is InChI=1S/C31H32Cl2F3N3O5.ClH/c1-19-17-22(31(34,35)36)26(29(41)38(19)2)21-9-7-20(8-10-21)18-25(37-28(40)27-23(32)5-3-6-24(27)33)30(42)44-14-4-11-39-12-15-43-16-13-39;/h3,5-10,17,25H,4,11-16,18H2,1-2H3,(H,37,40);1H/t25-;/m0./s1. The number of morpholine rings is 1. The lowest BCUT2D eigenvalue weighted by atomic mass is 9.97. The van der Waals surface area contributed by atoms with E-state index >= 15 is 0 Å². The zero-order chi connectivity index (χ0) is 32.0. The number of carbonyl (C=O) groups is 2. The van der Waals surface area contributed by atoms with Crippen molar-refractivity contribution in [2.45, 2.75) is 32.0 Å². The summed E-state index contributed by atoms with van der Waals surface area (Å²) in [5, 5.41) is 2.83. The fraction of sp³-hybridized carbons (Fsp3) is 0.387. The summed E-state index contributed by atoms with van der Waals surface area (Å²) in [7, 11) is 1.40. The number of nitrogens with one attached hydrogen (secondary N) is 1. The number of rotatable bonds is 10. The Morgan fingerprint density at radius 2 is 1.69 bits per heavy atom. The molecule has 0 radical (unpaired) electrons. The topological polar surface area (TPSA) is 89.9 Å². The van der Waals surface area contributed by atoms with Gasteiger partial charge in [0.1, 0.15) is 6.04 Å². The predicted molar refractivity (Wildman–Crippen MR) is 168 cm³/mol. The SMILES string of the molecule is Cc1cc(C(F)(F)F)c(-c2ccc(C[C@H](NC(=O)c3c(Cl)cccc3Cl)C(=O)OCCCN3CCOCC3)cc2)c(=O)n1C.Cl. The van der Waals surface area contributed by atoms with Gasteiger partial charge < -0.3 is 19.4 Å². The van der Waals surface area contributed by atoms with Gasteiger partial charge in [0.2, 0.25) is 0 Å². The van der Waals surface area contributed by atoms with Crippen molar-refractivity contribution in [3.05, 3.63) is 91.3 Å². The van der Waals surface area contributed by atoms with Crippen LogP contribution in [0.4, 0.5) is 13.2 Å². The molecule has 244 valence electrons. The molecular weight excluding hydrogens is 658 g/mol. The molecule has 1 aliphatic heterocycles. The van der Waals surface area contributed by atoms with Crippen LogP contribution in [0, 0.1) is 6.92 Å². The maximum Gasteiger partial charge on any atom is 0.417 e. The first-order valence-corrected chi connectivity index (χ1v) is 14.7. The van der Waals surface area contributed by atoms with Gasteiger partial charge in [0.15, 0.2) is 0 Å². The molecule has 0 saturated carbocycles. The van der Waals surface area contributed by atoms with Crippen molar-refractivity contribution in [3.8, 4) is 11.1 Å². The van der Waals surface area contributed by atoms with Gasteiger partial charge in [0.05, 0.1) is 46.6 Å². The van der Waals surface area contributed by atoms with Crippen LogP contribution in [-0.4, -0.2) is 66.8 Å². The Balaban J connectivity index is 0.00000552. The summed E-state index contributed by atoms with van der Waals surface area (Å²) >= 11 is 12.4. The highest BCUT2D eigenvalue weighted by molar-refractivity contribution is 6.39. The number of alkyl halides is 3. The van der Waals surface area contributed by atoms with Gasteiger partial charge in [-0.05, 0) is 42.7 Å². The van der Waals surface area contributed by atoms with Crippen molar-refractivity contribution in [1.29, 1.82) is 0 Å². The fourth-order valence-corrected chi connectivity index (χ4v) is 5.46. The number of amides is 1. The van der Waals surface area contributed by atoms with Crippen molar-refractivity contribution in [3.63, 3.8) is 0 Å². The van der Waals surface area contributed by atoms with Crippen LogP contribution in [0.5, 0.6) is 0 Å². The molecule has 4 rings (SSSR count). The largest absolute Gasteiger partial charge is 0.464 e. The van der Waals surface area contributed by atoms with Crippen molar-refractivity contribution in [2.75, 3.05) is 39.5 Å². The third-order valence-electron chi connectivity index (χ3n) is 7.40. The Hall–Kier alpha value is -3.09. The third kappa shape index (κ3) is 9.23. The molecule has 8 nitrogen and oxygen atoms in total. The molecule has 1 fully saturated rings. The number of hydrogen-bond donors (Lipinski definition) is 1. The van der Waals surface area contributed by atoms with E-state index in [9.17, 15) is 27.6 Å². The zero-order valence-corrected chi connectivity index (χ0v) is 26.9. The lowest BCUT2D eigenvalue weighted by Gasteiger charge is -2.26. The molecule has 14 heteroatoms. The van der Waals surface area contributed by atoms with Gasteiger partial charge in [-0.3, -0.25) is 14.5 Å². The summed E-state index contributed by atoms with van der Waals surface area (Å²) in [6.07, 6.45) is -4.22. The van der Waals surface area contributed by atoms with Crippen LogP contribution < -0.4 is 10.9 Å². The number of ether oxygens (including phenoxy) is 2. The molecule has 45 heavy (non-hydrogen) atoms. The highest BCUT2D eigenvalue weighted by Crippen LogP contribution is 2.36. The third-order valence-corrected chi connectivity index (χ3v) is 8.03. The zero-order valence-electron chi connectivity index (χ0n) is 24.6. The van der Waals surface area contributed by atoms with Crippen LogP contribution in [0.1, 0.15) is 33.6 Å². The summed E-state index contributed by atoms with van der Waals surface area (Å²) in [5.74, 6) is -1.38. The minimum Gasteiger partial charge on any atom is -0.464 e. The van der Waals surface area contributed by atoms with E-state index in [1.165, 1.54) is 50.4 Å². The summed E-state index contributed by atoms with van der Waals surface area (Å²) < 4.78 is 53.5. The second-order valence-electron chi connectivity index (χ2n) is 10.4. The maximum absolute atomic E-state index is 13.9. The highest BCUT2D eigenvalue weighted by Gasteiger charge is 2.36. The molecule has 0 unspecified atom stereocenters. The van der Waals surface area contributed by atoms with Crippen LogP contribution in [0.15, 0.2) is 53.3 Å². The van der Waals surface area contributed by atoms with Gasteiger partial charge in [-0.1, -0.05) is 53.5 Å². The van der Waals surface area contributed by atoms with Gasteiger partial charge in [-0.2, -0.15) is 13.2 Å². The molecule has 2 heterocycles. The van der Waals surface area contributed by atoms with Gasteiger partial charge in [0.25, 0.3) is 11.5 Å². The Labute approximate surface area is 274 Å². The summed E-state index contributed by atoms with van der Waals surface area (Å²) in [5.41, 5.74) is -1.56. The smallest absolute Gasteiger partial charge is 0.417 e. The summed E-state index contributed by atoms with van der Waals surface area (Å²) in [6, 6.07) is 10.1. The number of aryl methyl sites for hydroxylation is 1. The molecule has 1 aromatic heterocycles. The van der Waals surface area contributed by atoms with E-state index in [1.807, 2.05) is 0 Å². The minimum atomic E-state index is -4.74.